The molecule has 0 aliphatic rings. The van der Waals surface area contributed by atoms with Gasteiger partial charge in [0.25, 0.3) is 0 Å². The molecule has 0 N–H and O–H groups in total. The third-order valence-electron chi connectivity index (χ3n) is 1.30. The summed E-state index contributed by atoms with van der Waals surface area (Å²) in [7, 11) is 0. The molecule has 9 heavy (non-hydrogen) atoms. The fourth-order valence-corrected chi connectivity index (χ4v) is 1.55. The first kappa shape index (κ1) is 4.07. The SMILES string of the molecule is [2H]c1cc2ccccc2s1. The molecular formula is C8H6S. The van der Waals surface area contributed by atoms with Crippen molar-refractivity contribution in [3.05, 3.63) is 35.7 Å². The van der Waals surface area contributed by atoms with Crippen molar-refractivity contribution < 1.29 is 1.37 Å². The van der Waals surface area contributed by atoms with E-state index in [0.717, 1.165) is 0 Å². The summed E-state index contributed by atoms with van der Waals surface area (Å²) in [6.45, 7) is 0. The fraction of sp³-hybridized carbons (Fsp3) is 0. The summed E-state index contributed by atoms with van der Waals surface area (Å²) in [6.07, 6.45) is 0. The van der Waals surface area contributed by atoms with Gasteiger partial charge >= 0.3 is 0 Å². The lowest BCUT2D eigenvalue weighted by Crippen LogP contribution is -1.56. The summed E-state index contributed by atoms with van der Waals surface area (Å²) < 4.78 is 8.54. The van der Waals surface area contributed by atoms with E-state index in [9.17, 15) is 0 Å². The molecule has 0 radical (unpaired) electrons. The molecule has 2 rings (SSSR count). The molecule has 0 amide bonds. The van der Waals surface area contributed by atoms with Gasteiger partial charge in [-0.2, -0.15) is 0 Å². The smallest absolute Gasteiger partial charge is 0.0740 e. The molecule has 44 valence electrons. The van der Waals surface area contributed by atoms with E-state index in [1.165, 1.54) is 21.4 Å². The Morgan fingerprint density at radius 1 is 1.22 bits per heavy atom. The van der Waals surface area contributed by atoms with Gasteiger partial charge in [-0.15, -0.1) is 11.3 Å². The van der Waals surface area contributed by atoms with Crippen LogP contribution in [0.5, 0.6) is 0 Å². The first-order valence-corrected chi connectivity index (χ1v) is 3.63. The van der Waals surface area contributed by atoms with Gasteiger partial charge in [0.1, 0.15) is 0 Å². The lowest BCUT2D eigenvalue weighted by Gasteiger charge is -1.82. The number of thiophene rings is 1. The van der Waals surface area contributed by atoms with Gasteiger partial charge in [0.05, 0.1) is 1.37 Å². The second-order valence-corrected chi connectivity index (χ2v) is 2.78. The normalized spacial score (nSPS) is 11.8. The van der Waals surface area contributed by atoms with Gasteiger partial charge in [-0.05, 0) is 22.9 Å². The van der Waals surface area contributed by atoms with E-state index >= 15 is 0 Å². The number of fused-ring (bicyclic) bond motifs is 1. The maximum absolute atomic E-state index is 7.34. The Bertz CT molecular complexity index is 318. The Labute approximate surface area is 59.2 Å². The van der Waals surface area contributed by atoms with E-state index in [0.29, 0.717) is 5.36 Å². The van der Waals surface area contributed by atoms with Crippen LogP contribution < -0.4 is 0 Å². The molecule has 1 aromatic heterocycles. The molecule has 0 aliphatic carbocycles. The summed E-state index contributed by atoms with van der Waals surface area (Å²) in [5.41, 5.74) is 0. The number of benzene rings is 1. The van der Waals surface area contributed by atoms with Gasteiger partial charge in [-0.3, -0.25) is 0 Å². The van der Waals surface area contributed by atoms with Crippen molar-refractivity contribution in [2.75, 3.05) is 0 Å². The zero-order valence-corrected chi connectivity index (χ0v) is 5.61. The van der Waals surface area contributed by atoms with Gasteiger partial charge in [0, 0.05) is 4.70 Å². The second kappa shape index (κ2) is 1.85. The van der Waals surface area contributed by atoms with Crippen LogP contribution in [0.25, 0.3) is 10.1 Å². The highest BCUT2D eigenvalue weighted by molar-refractivity contribution is 7.17. The minimum Gasteiger partial charge on any atom is -0.144 e. The van der Waals surface area contributed by atoms with Crippen LogP contribution in [-0.2, 0) is 0 Å². The van der Waals surface area contributed by atoms with E-state index in [1.54, 1.807) is 0 Å². The molecule has 0 fully saturated rings. The summed E-state index contributed by atoms with van der Waals surface area (Å²) in [6, 6.07) is 9.95. The predicted octanol–water partition coefficient (Wildman–Crippen LogP) is 2.90. The van der Waals surface area contributed by atoms with Crippen LogP contribution in [0.1, 0.15) is 1.37 Å². The molecule has 1 heterocycles. The lowest BCUT2D eigenvalue weighted by molar-refractivity contribution is 1.86. The van der Waals surface area contributed by atoms with Crippen LogP contribution in [0.4, 0.5) is 0 Å². The van der Waals surface area contributed by atoms with Gasteiger partial charge in [-0.1, -0.05) is 18.2 Å². The van der Waals surface area contributed by atoms with Crippen LogP contribution in [0.15, 0.2) is 35.7 Å². The van der Waals surface area contributed by atoms with E-state index in [2.05, 4.69) is 0 Å². The van der Waals surface area contributed by atoms with Crippen LogP contribution in [0, 0.1) is 0 Å². The van der Waals surface area contributed by atoms with Crippen LogP contribution in [-0.4, -0.2) is 0 Å². The van der Waals surface area contributed by atoms with E-state index in [-0.39, 0.29) is 0 Å². The van der Waals surface area contributed by atoms with Crippen LogP contribution in [0.2, 0.25) is 0 Å². The van der Waals surface area contributed by atoms with Crippen molar-refractivity contribution in [3.8, 4) is 0 Å². The largest absolute Gasteiger partial charge is 0.144 e. The Morgan fingerprint density at radius 2 is 2.11 bits per heavy atom. The molecule has 0 atom stereocenters. The second-order valence-electron chi connectivity index (χ2n) is 1.90. The maximum Gasteiger partial charge on any atom is 0.0740 e. The molecule has 0 saturated heterocycles. The zero-order chi connectivity index (χ0) is 6.97. The van der Waals surface area contributed by atoms with Crippen molar-refractivity contribution >= 4 is 21.4 Å². The van der Waals surface area contributed by atoms with Gasteiger partial charge < -0.3 is 0 Å². The Balaban J connectivity index is 2.88. The standard InChI is InChI=1S/C8H6S/c1-2-4-8-7(3-1)5-6-9-8/h1-6H/i6D. The first-order valence-electron chi connectivity index (χ1n) is 3.31. The number of rotatable bonds is 0. The highest BCUT2D eigenvalue weighted by Gasteiger charge is 1.87. The van der Waals surface area contributed by atoms with Crippen LogP contribution in [0.3, 0.4) is 0 Å². The fourth-order valence-electron chi connectivity index (χ4n) is 0.849. The predicted molar refractivity (Wildman–Crippen MR) is 41.8 cm³/mol. The molecule has 0 unspecified atom stereocenters. The Morgan fingerprint density at radius 3 is 3.00 bits per heavy atom. The third kappa shape index (κ3) is 0.736. The van der Waals surface area contributed by atoms with E-state index in [1.807, 2.05) is 30.3 Å². The average Bonchev–Trinajstić information content (AvgIpc) is 2.27. The maximum atomic E-state index is 7.34. The van der Waals surface area contributed by atoms with Crippen molar-refractivity contribution in [3.63, 3.8) is 0 Å². The Kier molecular flexibility index (Phi) is 0.836. The molecule has 0 aliphatic heterocycles. The molecule has 0 spiro atoms. The Hall–Kier alpha value is -0.820. The van der Waals surface area contributed by atoms with Crippen molar-refractivity contribution in [1.82, 2.24) is 0 Å². The molecule has 0 bridgehead atoms. The summed E-state index contributed by atoms with van der Waals surface area (Å²) in [5.74, 6) is 0. The van der Waals surface area contributed by atoms with Crippen molar-refractivity contribution in [2.24, 2.45) is 0 Å². The van der Waals surface area contributed by atoms with Gasteiger partial charge in [0.15, 0.2) is 0 Å². The molecule has 0 nitrogen and oxygen atoms in total. The zero-order valence-electron chi connectivity index (χ0n) is 5.79. The van der Waals surface area contributed by atoms with E-state index < -0.39 is 0 Å². The van der Waals surface area contributed by atoms with Gasteiger partial charge in [-0.25, -0.2) is 0 Å². The monoisotopic (exact) mass is 135 g/mol. The summed E-state index contributed by atoms with van der Waals surface area (Å²) in [4.78, 5) is 0. The molecule has 1 heteroatoms. The minimum atomic E-state index is 0.640. The highest BCUT2D eigenvalue weighted by Crippen LogP contribution is 2.18. The van der Waals surface area contributed by atoms with Gasteiger partial charge in [0.2, 0.25) is 0 Å². The summed E-state index contributed by atoms with van der Waals surface area (Å²) >= 11 is 1.52. The van der Waals surface area contributed by atoms with E-state index in [4.69, 9.17) is 1.37 Å². The minimum absolute atomic E-state index is 0.640. The van der Waals surface area contributed by atoms with Crippen molar-refractivity contribution in [2.45, 2.75) is 0 Å². The first-order chi connectivity index (χ1) is 4.86. The third-order valence-corrected chi connectivity index (χ3v) is 2.13. The molecule has 0 saturated carbocycles. The molecule has 2 aromatic rings. The highest BCUT2D eigenvalue weighted by atomic mass is 32.1. The average molecular weight is 135 g/mol. The number of hydrogen-bond donors (Lipinski definition) is 0. The number of hydrogen-bond acceptors (Lipinski definition) is 1. The molecule has 1 aromatic carbocycles. The van der Waals surface area contributed by atoms with Crippen LogP contribution >= 0.6 is 11.3 Å². The topological polar surface area (TPSA) is 0 Å². The quantitative estimate of drug-likeness (QED) is 0.521. The lowest BCUT2D eigenvalue weighted by atomic mass is 10.3. The van der Waals surface area contributed by atoms with Crippen molar-refractivity contribution in [1.29, 1.82) is 0 Å². The molecular weight excluding hydrogens is 128 g/mol. The summed E-state index contributed by atoms with van der Waals surface area (Å²) in [5, 5.41) is 1.82.